The zero-order valence-corrected chi connectivity index (χ0v) is 11.6. The number of likely N-dealkylation sites (tertiary alicyclic amines) is 1. The van der Waals surface area contributed by atoms with E-state index in [1.165, 1.54) is 0 Å². The van der Waals surface area contributed by atoms with Gasteiger partial charge in [0.1, 0.15) is 16.9 Å². The normalized spacial score (nSPS) is 21.9. The highest BCUT2D eigenvalue weighted by Crippen LogP contribution is 2.31. The Balaban J connectivity index is 2.09. The molecule has 20 heavy (non-hydrogen) atoms. The zero-order chi connectivity index (χ0) is 14.9. The highest BCUT2D eigenvalue weighted by molar-refractivity contribution is 6.30. The summed E-state index contributed by atoms with van der Waals surface area (Å²) in [5, 5.41) is -0.629. The van der Waals surface area contributed by atoms with E-state index in [1.807, 2.05) is 0 Å². The molecule has 0 spiro atoms. The van der Waals surface area contributed by atoms with E-state index in [-0.39, 0.29) is 17.6 Å². The maximum Gasteiger partial charge on any atom is 0.432 e. The number of aromatic nitrogens is 2. The Morgan fingerprint density at radius 2 is 2.30 bits per heavy atom. The Labute approximate surface area is 119 Å². The number of halogens is 4. The maximum absolute atomic E-state index is 12.5. The van der Waals surface area contributed by atoms with Crippen molar-refractivity contribution in [2.45, 2.75) is 37.2 Å². The largest absolute Gasteiger partial charge is 0.432 e. The molecular weight excluding hydrogens is 295 g/mol. The number of carbonyl (C=O) groups is 1. The van der Waals surface area contributed by atoms with Gasteiger partial charge in [0.15, 0.2) is 0 Å². The van der Waals surface area contributed by atoms with Crippen molar-refractivity contribution >= 4 is 17.5 Å². The van der Waals surface area contributed by atoms with Crippen molar-refractivity contribution in [2.24, 2.45) is 0 Å². The first-order chi connectivity index (χ1) is 9.29. The predicted molar refractivity (Wildman–Crippen MR) is 67.5 cm³/mol. The van der Waals surface area contributed by atoms with Crippen LogP contribution < -0.4 is 0 Å². The summed E-state index contributed by atoms with van der Waals surface area (Å²) in [6.45, 7) is 2.52. The number of alkyl halides is 4. The number of imidazole rings is 1. The van der Waals surface area contributed by atoms with E-state index in [2.05, 4.69) is 9.97 Å². The number of nitrogens with one attached hydrogen (secondary N) is 1. The van der Waals surface area contributed by atoms with Crippen LogP contribution in [-0.2, 0) is 11.0 Å². The summed E-state index contributed by atoms with van der Waals surface area (Å²) in [4.78, 5) is 19.5. The Bertz CT molecular complexity index is 487. The average Bonchev–Trinajstić information content (AvgIpc) is 2.87. The molecule has 0 aliphatic carbocycles. The monoisotopic (exact) mass is 309 g/mol. The number of rotatable bonds is 2. The molecule has 1 aromatic heterocycles. The van der Waals surface area contributed by atoms with Crippen molar-refractivity contribution in [3.63, 3.8) is 0 Å². The first kappa shape index (κ1) is 15.2. The standard InChI is InChI=1S/C12H15ClF3N3O/c1-7(13)11(20)19-4-2-3-8(6-19)10-17-5-9(18-10)12(14,15)16/h5,7-8H,2-4,6H2,1H3,(H,17,18). The summed E-state index contributed by atoms with van der Waals surface area (Å²) in [6, 6.07) is 0. The lowest BCUT2D eigenvalue weighted by molar-refractivity contribution is -0.141. The molecule has 8 heteroatoms. The van der Waals surface area contributed by atoms with Crippen molar-refractivity contribution in [3.05, 3.63) is 17.7 Å². The number of amides is 1. The lowest BCUT2D eigenvalue weighted by Gasteiger charge is -2.32. The van der Waals surface area contributed by atoms with Crippen molar-refractivity contribution in [1.82, 2.24) is 14.9 Å². The molecule has 1 aromatic rings. The van der Waals surface area contributed by atoms with Crippen LogP contribution in [0, 0.1) is 0 Å². The van der Waals surface area contributed by atoms with Crippen LogP contribution in [0.1, 0.15) is 37.2 Å². The van der Waals surface area contributed by atoms with Crippen molar-refractivity contribution < 1.29 is 18.0 Å². The van der Waals surface area contributed by atoms with E-state index in [0.29, 0.717) is 19.5 Å². The van der Waals surface area contributed by atoms with Crippen LogP contribution in [0.15, 0.2) is 6.20 Å². The third kappa shape index (κ3) is 3.26. The van der Waals surface area contributed by atoms with Crippen LogP contribution in [-0.4, -0.2) is 39.2 Å². The number of piperidine rings is 1. The summed E-state index contributed by atoms with van der Waals surface area (Å²) >= 11 is 5.76. The first-order valence-corrected chi connectivity index (χ1v) is 6.77. The molecule has 4 nitrogen and oxygen atoms in total. The molecule has 2 unspecified atom stereocenters. The number of hydrogen-bond acceptors (Lipinski definition) is 2. The lowest BCUT2D eigenvalue weighted by Crippen LogP contribution is -2.42. The predicted octanol–water partition coefficient (Wildman–Crippen LogP) is 2.76. The minimum atomic E-state index is -4.43. The van der Waals surface area contributed by atoms with Gasteiger partial charge in [-0.3, -0.25) is 4.79 Å². The molecular formula is C12H15ClF3N3O. The Morgan fingerprint density at radius 3 is 2.85 bits per heavy atom. The molecule has 0 radical (unpaired) electrons. The molecule has 112 valence electrons. The SMILES string of the molecule is CC(Cl)C(=O)N1CCCC(c2ncc(C(F)(F)F)[nH]2)C1. The van der Waals surface area contributed by atoms with Crippen LogP contribution in [0.4, 0.5) is 13.2 Å². The maximum atomic E-state index is 12.5. The molecule has 0 aromatic carbocycles. The number of carbonyl (C=O) groups excluding carboxylic acids is 1. The third-order valence-corrected chi connectivity index (χ3v) is 3.55. The van der Waals surface area contributed by atoms with Gasteiger partial charge < -0.3 is 9.88 Å². The zero-order valence-electron chi connectivity index (χ0n) is 10.9. The first-order valence-electron chi connectivity index (χ1n) is 6.34. The Morgan fingerprint density at radius 1 is 1.60 bits per heavy atom. The summed E-state index contributed by atoms with van der Waals surface area (Å²) in [5.41, 5.74) is -0.860. The molecule has 2 atom stereocenters. The number of hydrogen-bond donors (Lipinski definition) is 1. The molecule has 1 amide bonds. The Hall–Kier alpha value is -1.24. The minimum absolute atomic E-state index is 0.195. The van der Waals surface area contributed by atoms with Gasteiger partial charge in [-0.1, -0.05) is 0 Å². The molecule has 1 N–H and O–H groups in total. The molecule has 2 heterocycles. The molecule has 1 fully saturated rings. The molecule has 1 saturated heterocycles. The average molecular weight is 310 g/mol. The van der Waals surface area contributed by atoms with Crippen LogP contribution in [0.5, 0.6) is 0 Å². The van der Waals surface area contributed by atoms with Crippen molar-refractivity contribution in [2.75, 3.05) is 13.1 Å². The van der Waals surface area contributed by atoms with E-state index in [1.54, 1.807) is 11.8 Å². The van der Waals surface area contributed by atoms with Gasteiger partial charge >= 0.3 is 6.18 Å². The smallest absolute Gasteiger partial charge is 0.341 e. The van der Waals surface area contributed by atoms with E-state index < -0.39 is 17.2 Å². The Kier molecular flexibility index (Phi) is 4.27. The van der Waals surface area contributed by atoms with Crippen molar-refractivity contribution in [3.8, 4) is 0 Å². The molecule has 1 aliphatic heterocycles. The van der Waals surface area contributed by atoms with Crippen LogP contribution in [0.25, 0.3) is 0 Å². The minimum Gasteiger partial charge on any atom is -0.341 e. The second-order valence-electron chi connectivity index (χ2n) is 4.92. The lowest BCUT2D eigenvalue weighted by atomic mass is 9.97. The van der Waals surface area contributed by atoms with Gasteiger partial charge in [0.2, 0.25) is 5.91 Å². The summed E-state index contributed by atoms with van der Waals surface area (Å²) in [6.07, 6.45) is -2.21. The number of H-pyrrole nitrogens is 1. The third-order valence-electron chi connectivity index (χ3n) is 3.36. The summed E-state index contributed by atoms with van der Waals surface area (Å²) in [7, 11) is 0. The fourth-order valence-corrected chi connectivity index (χ4v) is 2.48. The second-order valence-corrected chi connectivity index (χ2v) is 5.57. The molecule has 0 bridgehead atoms. The second kappa shape index (κ2) is 5.63. The molecule has 2 rings (SSSR count). The molecule has 0 saturated carbocycles. The van der Waals surface area contributed by atoms with Gasteiger partial charge in [-0.05, 0) is 19.8 Å². The quantitative estimate of drug-likeness (QED) is 0.854. The molecule has 1 aliphatic rings. The topological polar surface area (TPSA) is 49.0 Å². The van der Waals surface area contributed by atoms with Gasteiger partial charge in [0.25, 0.3) is 0 Å². The van der Waals surface area contributed by atoms with Crippen LogP contribution in [0.3, 0.4) is 0 Å². The van der Waals surface area contributed by atoms with E-state index >= 15 is 0 Å². The van der Waals surface area contributed by atoms with Gasteiger partial charge in [-0.2, -0.15) is 13.2 Å². The van der Waals surface area contributed by atoms with Gasteiger partial charge in [-0.15, -0.1) is 11.6 Å². The highest BCUT2D eigenvalue weighted by Gasteiger charge is 2.35. The number of nitrogens with zero attached hydrogens (tertiary/aromatic N) is 2. The van der Waals surface area contributed by atoms with E-state index in [0.717, 1.165) is 12.6 Å². The van der Waals surface area contributed by atoms with Gasteiger partial charge in [-0.25, -0.2) is 4.98 Å². The van der Waals surface area contributed by atoms with Crippen LogP contribution >= 0.6 is 11.6 Å². The summed E-state index contributed by atoms with van der Waals surface area (Å²) in [5.74, 6) is -0.129. The van der Waals surface area contributed by atoms with Crippen LogP contribution in [0.2, 0.25) is 0 Å². The fraction of sp³-hybridized carbons (Fsp3) is 0.667. The van der Waals surface area contributed by atoms with Gasteiger partial charge in [0.05, 0.1) is 6.20 Å². The van der Waals surface area contributed by atoms with E-state index in [4.69, 9.17) is 11.6 Å². The summed E-state index contributed by atoms with van der Waals surface area (Å²) < 4.78 is 37.6. The number of aromatic amines is 1. The highest BCUT2D eigenvalue weighted by atomic mass is 35.5. The van der Waals surface area contributed by atoms with Crippen molar-refractivity contribution in [1.29, 1.82) is 0 Å². The fourth-order valence-electron chi connectivity index (χ4n) is 2.34. The van der Waals surface area contributed by atoms with E-state index in [9.17, 15) is 18.0 Å². The van der Waals surface area contributed by atoms with Gasteiger partial charge in [0, 0.05) is 19.0 Å².